The molecule has 28 heavy (non-hydrogen) atoms. The van der Waals surface area contributed by atoms with Crippen LogP contribution in [0.2, 0.25) is 0 Å². The summed E-state index contributed by atoms with van der Waals surface area (Å²) in [6.07, 6.45) is 10.2. The summed E-state index contributed by atoms with van der Waals surface area (Å²) < 4.78 is 11.7. The van der Waals surface area contributed by atoms with E-state index < -0.39 is 0 Å². The molecule has 0 bridgehead atoms. The van der Waals surface area contributed by atoms with Gasteiger partial charge < -0.3 is 25.0 Å². The number of nitrogens with one attached hydrogen (secondary N) is 2. The van der Waals surface area contributed by atoms with Crippen LogP contribution in [0.4, 0.5) is 0 Å². The minimum atomic E-state index is 0.108. The molecule has 0 radical (unpaired) electrons. The summed E-state index contributed by atoms with van der Waals surface area (Å²) in [5, 5.41) is 7.30. The zero-order chi connectivity index (χ0) is 20.0. The molecule has 2 N–H and O–H groups in total. The average Bonchev–Trinajstić information content (AvgIpc) is 2.72. The van der Waals surface area contributed by atoms with Crippen molar-refractivity contribution in [2.75, 3.05) is 47.0 Å². The molecule has 3 rings (SSSR count). The molecular formula is C22H42N4O2. The third-order valence-corrected chi connectivity index (χ3v) is 7.50. The van der Waals surface area contributed by atoms with Gasteiger partial charge in [0.2, 0.25) is 0 Å². The maximum absolute atomic E-state index is 6.12. The van der Waals surface area contributed by atoms with Gasteiger partial charge in [0.25, 0.3) is 0 Å². The minimum Gasteiger partial charge on any atom is -0.381 e. The highest BCUT2D eigenvalue weighted by Gasteiger charge is 2.55. The molecule has 162 valence electrons. The van der Waals surface area contributed by atoms with Crippen LogP contribution in [0.15, 0.2) is 4.99 Å². The zero-order valence-electron chi connectivity index (χ0n) is 18.6. The monoisotopic (exact) mass is 394 g/mol. The first-order valence-electron chi connectivity index (χ1n) is 11.5. The van der Waals surface area contributed by atoms with E-state index in [-0.39, 0.29) is 5.54 Å². The van der Waals surface area contributed by atoms with Crippen molar-refractivity contribution in [1.82, 2.24) is 15.5 Å². The van der Waals surface area contributed by atoms with Gasteiger partial charge in [-0.05, 0) is 60.0 Å². The van der Waals surface area contributed by atoms with Crippen molar-refractivity contribution in [3.8, 4) is 0 Å². The number of aliphatic imine (C=N–C) groups is 1. The van der Waals surface area contributed by atoms with E-state index in [9.17, 15) is 0 Å². The Morgan fingerprint density at radius 2 is 1.82 bits per heavy atom. The molecule has 2 atom stereocenters. The number of guanidine groups is 1. The molecule has 3 aliphatic rings. The molecular weight excluding hydrogens is 352 g/mol. The fourth-order valence-corrected chi connectivity index (χ4v) is 5.48. The number of nitrogens with zero attached hydrogens (tertiary/aromatic N) is 2. The van der Waals surface area contributed by atoms with E-state index in [1.165, 1.54) is 32.1 Å². The van der Waals surface area contributed by atoms with Crippen LogP contribution in [0.5, 0.6) is 0 Å². The van der Waals surface area contributed by atoms with Crippen LogP contribution in [0.3, 0.4) is 0 Å². The van der Waals surface area contributed by atoms with Crippen LogP contribution in [-0.2, 0) is 9.47 Å². The van der Waals surface area contributed by atoms with Gasteiger partial charge in [0, 0.05) is 43.4 Å². The highest BCUT2D eigenvalue weighted by atomic mass is 16.5. The van der Waals surface area contributed by atoms with E-state index in [0.29, 0.717) is 17.6 Å². The van der Waals surface area contributed by atoms with Gasteiger partial charge in [-0.3, -0.25) is 4.99 Å². The van der Waals surface area contributed by atoms with Crippen molar-refractivity contribution in [3.05, 3.63) is 0 Å². The molecule has 2 aliphatic carbocycles. The van der Waals surface area contributed by atoms with Crippen molar-refractivity contribution < 1.29 is 9.47 Å². The molecule has 3 fully saturated rings. The summed E-state index contributed by atoms with van der Waals surface area (Å²) in [6, 6.07) is 0.479. The third-order valence-electron chi connectivity index (χ3n) is 7.50. The summed E-state index contributed by atoms with van der Waals surface area (Å²) >= 11 is 0. The quantitative estimate of drug-likeness (QED) is 0.514. The Labute approximate surface area is 171 Å². The van der Waals surface area contributed by atoms with E-state index in [0.717, 1.165) is 58.1 Å². The first-order valence-corrected chi connectivity index (χ1v) is 11.5. The number of hydrogen-bond acceptors (Lipinski definition) is 4. The van der Waals surface area contributed by atoms with E-state index in [1.54, 1.807) is 0 Å². The second-order valence-electron chi connectivity index (χ2n) is 9.10. The number of rotatable bonds is 7. The predicted molar refractivity (Wildman–Crippen MR) is 115 cm³/mol. The van der Waals surface area contributed by atoms with Gasteiger partial charge >= 0.3 is 0 Å². The molecule has 0 aromatic carbocycles. The summed E-state index contributed by atoms with van der Waals surface area (Å²) in [7, 11) is 4.35. The third kappa shape index (κ3) is 4.49. The fourth-order valence-electron chi connectivity index (χ4n) is 5.48. The van der Waals surface area contributed by atoms with Crippen molar-refractivity contribution in [1.29, 1.82) is 0 Å². The molecule has 1 spiro atoms. The molecule has 0 aromatic heterocycles. The van der Waals surface area contributed by atoms with E-state index in [1.807, 2.05) is 0 Å². The SMILES string of the molecule is CCNC(=NCC1(N(C)C)CCOCC1)NC1CC(OCC)C12CCCCC2. The van der Waals surface area contributed by atoms with Gasteiger partial charge in [0.05, 0.1) is 12.6 Å². The number of likely N-dealkylation sites (N-methyl/N-ethyl adjacent to an activating group) is 1. The van der Waals surface area contributed by atoms with Crippen LogP contribution in [-0.4, -0.2) is 75.5 Å². The maximum Gasteiger partial charge on any atom is 0.191 e. The molecule has 1 saturated heterocycles. The second kappa shape index (κ2) is 9.77. The Bertz CT molecular complexity index is 511. The van der Waals surface area contributed by atoms with E-state index in [4.69, 9.17) is 14.5 Å². The maximum atomic E-state index is 6.12. The van der Waals surface area contributed by atoms with Crippen LogP contribution < -0.4 is 10.6 Å². The van der Waals surface area contributed by atoms with Crippen LogP contribution in [0, 0.1) is 5.41 Å². The normalized spacial score (nSPS) is 29.5. The summed E-state index contributed by atoms with van der Waals surface area (Å²) in [6.45, 7) is 8.45. The Kier molecular flexibility index (Phi) is 7.62. The Hall–Kier alpha value is -0.850. The van der Waals surface area contributed by atoms with Gasteiger partial charge in [-0.15, -0.1) is 0 Å². The predicted octanol–water partition coefficient (Wildman–Crippen LogP) is 2.78. The molecule has 1 aliphatic heterocycles. The largest absolute Gasteiger partial charge is 0.381 e. The fraction of sp³-hybridized carbons (Fsp3) is 0.955. The summed E-state index contributed by atoms with van der Waals surface area (Å²) in [5.74, 6) is 0.972. The Balaban J connectivity index is 1.69. The molecule has 2 unspecified atom stereocenters. The second-order valence-corrected chi connectivity index (χ2v) is 9.10. The first-order chi connectivity index (χ1) is 13.6. The van der Waals surface area contributed by atoms with Crippen molar-refractivity contribution in [2.45, 2.75) is 82.9 Å². The van der Waals surface area contributed by atoms with Gasteiger partial charge in [0.1, 0.15) is 0 Å². The minimum absolute atomic E-state index is 0.108. The lowest BCUT2D eigenvalue weighted by Gasteiger charge is -2.58. The van der Waals surface area contributed by atoms with Crippen LogP contribution in [0.1, 0.15) is 65.2 Å². The number of ether oxygens (including phenoxy) is 2. The van der Waals surface area contributed by atoms with Crippen LogP contribution >= 0.6 is 0 Å². The highest BCUT2D eigenvalue weighted by Crippen LogP contribution is 2.53. The van der Waals surface area contributed by atoms with Crippen molar-refractivity contribution in [2.24, 2.45) is 10.4 Å². The lowest BCUT2D eigenvalue weighted by molar-refractivity contribution is -0.145. The molecule has 0 aromatic rings. The lowest BCUT2D eigenvalue weighted by atomic mass is 9.55. The van der Waals surface area contributed by atoms with Gasteiger partial charge in [-0.2, -0.15) is 0 Å². The molecule has 2 saturated carbocycles. The number of hydrogen-bond donors (Lipinski definition) is 2. The molecule has 1 heterocycles. The average molecular weight is 395 g/mol. The molecule has 6 nitrogen and oxygen atoms in total. The highest BCUT2D eigenvalue weighted by molar-refractivity contribution is 5.80. The summed E-state index contributed by atoms with van der Waals surface area (Å²) in [4.78, 5) is 7.40. The van der Waals surface area contributed by atoms with Gasteiger partial charge in [-0.1, -0.05) is 19.3 Å². The van der Waals surface area contributed by atoms with Crippen LogP contribution in [0.25, 0.3) is 0 Å². The van der Waals surface area contributed by atoms with Gasteiger partial charge in [0.15, 0.2) is 5.96 Å². The Morgan fingerprint density at radius 3 is 2.43 bits per heavy atom. The molecule has 6 heteroatoms. The van der Waals surface area contributed by atoms with E-state index in [2.05, 4.69) is 43.5 Å². The zero-order valence-corrected chi connectivity index (χ0v) is 18.6. The standard InChI is InChI=1S/C22H42N4O2/c1-5-23-20(24-17-21(26(3)4)12-14-27-15-13-21)25-18-16-19(28-6-2)22(18)10-8-7-9-11-22/h18-19H,5-17H2,1-4H3,(H2,23,24,25). The van der Waals surface area contributed by atoms with Gasteiger partial charge in [-0.25, -0.2) is 0 Å². The lowest BCUT2D eigenvalue weighted by Crippen LogP contribution is -2.66. The van der Waals surface area contributed by atoms with Crippen molar-refractivity contribution in [3.63, 3.8) is 0 Å². The topological polar surface area (TPSA) is 58.1 Å². The van der Waals surface area contributed by atoms with Crippen molar-refractivity contribution >= 4 is 5.96 Å². The smallest absolute Gasteiger partial charge is 0.191 e. The Morgan fingerprint density at radius 1 is 1.11 bits per heavy atom. The first kappa shape index (κ1) is 21.8. The van der Waals surface area contributed by atoms with E-state index >= 15 is 0 Å². The molecule has 0 amide bonds. The summed E-state index contributed by atoms with van der Waals surface area (Å²) in [5.41, 5.74) is 0.416.